The Balaban J connectivity index is 2.15. The quantitative estimate of drug-likeness (QED) is 0.848. The second kappa shape index (κ2) is 6.26. The van der Waals surface area contributed by atoms with Crippen LogP contribution in [0.3, 0.4) is 0 Å². The van der Waals surface area contributed by atoms with Gasteiger partial charge in [-0.25, -0.2) is 0 Å². The summed E-state index contributed by atoms with van der Waals surface area (Å²) in [6.07, 6.45) is 1.72. The molecule has 2 rings (SSSR count). The number of ether oxygens (including phenoxy) is 1. The Morgan fingerprint density at radius 2 is 2.50 bits per heavy atom. The van der Waals surface area contributed by atoms with Crippen LogP contribution in [0, 0.1) is 5.41 Å². The Bertz CT molecular complexity index is 505. The van der Waals surface area contributed by atoms with Crippen molar-refractivity contribution in [3.05, 3.63) is 34.0 Å². The molecule has 2 unspecified atom stereocenters. The Hall–Kier alpha value is -0.880. The number of hydrogen-bond acceptors (Lipinski definition) is 4. The summed E-state index contributed by atoms with van der Waals surface area (Å²) in [5.41, 5.74) is 5.37. The van der Waals surface area contributed by atoms with Crippen molar-refractivity contribution in [2.24, 2.45) is 11.1 Å². The molecule has 20 heavy (non-hydrogen) atoms. The maximum absolute atomic E-state index is 12.8. The highest BCUT2D eigenvalue weighted by Gasteiger charge is 2.46. The van der Waals surface area contributed by atoms with E-state index in [1.807, 2.05) is 19.1 Å². The van der Waals surface area contributed by atoms with Gasteiger partial charge in [0.2, 0.25) is 5.91 Å². The van der Waals surface area contributed by atoms with E-state index in [-0.39, 0.29) is 11.9 Å². The van der Waals surface area contributed by atoms with Gasteiger partial charge in [0.25, 0.3) is 0 Å². The number of carbonyl (C=O) groups excluding carboxylic acids is 1. The SMILES string of the molecule is C=CCN(Cc1ccc(Cl)s1)C(=O)C1(C)COCC1N. The molecule has 0 aromatic carbocycles. The van der Waals surface area contributed by atoms with Crippen molar-refractivity contribution in [1.82, 2.24) is 4.90 Å². The minimum atomic E-state index is -0.663. The molecule has 110 valence electrons. The average molecular weight is 315 g/mol. The van der Waals surface area contributed by atoms with Gasteiger partial charge >= 0.3 is 0 Å². The molecule has 0 spiro atoms. The van der Waals surface area contributed by atoms with E-state index in [1.165, 1.54) is 11.3 Å². The first kappa shape index (κ1) is 15.5. The Kier molecular flexibility index (Phi) is 4.86. The number of rotatable bonds is 5. The van der Waals surface area contributed by atoms with E-state index in [2.05, 4.69) is 6.58 Å². The number of nitrogens with zero attached hydrogens (tertiary/aromatic N) is 1. The van der Waals surface area contributed by atoms with Gasteiger partial charge < -0.3 is 15.4 Å². The normalized spacial score (nSPS) is 25.6. The van der Waals surface area contributed by atoms with Crippen molar-refractivity contribution in [1.29, 1.82) is 0 Å². The smallest absolute Gasteiger partial charge is 0.233 e. The van der Waals surface area contributed by atoms with Gasteiger partial charge in [0.05, 0.1) is 29.5 Å². The molecule has 1 aliphatic heterocycles. The van der Waals surface area contributed by atoms with Crippen LogP contribution >= 0.6 is 22.9 Å². The number of nitrogens with two attached hydrogens (primary N) is 1. The van der Waals surface area contributed by atoms with Gasteiger partial charge in [-0.3, -0.25) is 4.79 Å². The van der Waals surface area contributed by atoms with Crippen LogP contribution in [0.4, 0.5) is 0 Å². The zero-order chi connectivity index (χ0) is 14.8. The van der Waals surface area contributed by atoms with Crippen molar-refractivity contribution in [3.8, 4) is 0 Å². The van der Waals surface area contributed by atoms with Crippen LogP contribution in [0.5, 0.6) is 0 Å². The Morgan fingerprint density at radius 3 is 3.00 bits per heavy atom. The zero-order valence-corrected chi connectivity index (χ0v) is 13.0. The highest BCUT2D eigenvalue weighted by Crippen LogP contribution is 2.31. The molecule has 2 atom stereocenters. The average Bonchev–Trinajstić information content (AvgIpc) is 2.96. The van der Waals surface area contributed by atoms with Gasteiger partial charge in [0.15, 0.2) is 0 Å². The van der Waals surface area contributed by atoms with Gasteiger partial charge in [0.1, 0.15) is 0 Å². The van der Waals surface area contributed by atoms with Gasteiger partial charge in [-0.05, 0) is 19.1 Å². The van der Waals surface area contributed by atoms with Gasteiger partial charge in [-0.1, -0.05) is 17.7 Å². The van der Waals surface area contributed by atoms with E-state index in [0.29, 0.717) is 26.3 Å². The molecule has 1 aliphatic rings. The summed E-state index contributed by atoms with van der Waals surface area (Å²) in [7, 11) is 0. The summed E-state index contributed by atoms with van der Waals surface area (Å²) in [5.74, 6) is 0.00641. The lowest BCUT2D eigenvalue weighted by molar-refractivity contribution is -0.141. The number of hydrogen-bond donors (Lipinski definition) is 1. The monoisotopic (exact) mass is 314 g/mol. The maximum Gasteiger partial charge on any atom is 0.233 e. The number of halogens is 1. The van der Waals surface area contributed by atoms with E-state index in [1.54, 1.807) is 11.0 Å². The molecular formula is C14H19ClN2O2S. The summed E-state index contributed by atoms with van der Waals surface area (Å²) in [6.45, 7) is 7.38. The lowest BCUT2D eigenvalue weighted by Crippen LogP contribution is -2.51. The van der Waals surface area contributed by atoms with E-state index in [0.717, 1.165) is 9.21 Å². The summed E-state index contributed by atoms with van der Waals surface area (Å²) in [4.78, 5) is 15.6. The predicted molar refractivity (Wildman–Crippen MR) is 81.8 cm³/mol. The first-order valence-electron chi connectivity index (χ1n) is 6.45. The molecule has 4 nitrogen and oxygen atoms in total. The molecular weight excluding hydrogens is 296 g/mol. The first-order chi connectivity index (χ1) is 9.47. The van der Waals surface area contributed by atoms with Crippen molar-refractivity contribution in [2.45, 2.75) is 19.5 Å². The van der Waals surface area contributed by atoms with Crippen LogP contribution in [-0.4, -0.2) is 36.6 Å². The first-order valence-corrected chi connectivity index (χ1v) is 7.64. The molecule has 0 radical (unpaired) electrons. The molecule has 1 fully saturated rings. The van der Waals surface area contributed by atoms with Crippen molar-refractivity contribution < 1.29 is 9.53 Å². The number of amides is 1. The topological polar surface area (TPSA) is 55.6 Å². The van der Waals surface area contributed by atoms with Gasteiger partial charge in [-0.15, -0.1) is 17.9 Å². The maximum atomic E-state index is 12.8. The van der Waals surface area contributed by atoms with Crippen LogP contribution in [-0.2, 0) is 16.1 Å². The predicted octanol–water partition coefficient (Wildman–Crippen LogP) is 2.28. The lowest BCUT2D eigenvalue weighted by Gasteiger charge is -2.32. The van der Waals surface area contributed by atoms with Crippen molar-refractivity contribution in [3.63, 3.8) is 0 Å². The van der Waals surface area contributed by atoms with E-state index in [9.17, 15) is 4.79 Å². The molecule has 1 aromatic rings. The van der Waals surface area contributed by atoms with Gasteiger partial charge in [0, 0.05) is 17.5 Å². The molecule has 2 N–H and O–H groups in total. The minimum Gasteiger partial charge on any atom is -0.379 e. The van der Waals surface area contributed by atoms with Crippen LogP contribution in [0.15, 0.2) is 24.8 Å². The molecule has 1 amide bonds. The lowest BCUT2D eigenvalue weighted by atomic mass is 9.84. The van der Waals surface area contributed by atoms with E-state index < -0.39 is 5.41 Å². The molecule has 0 bridgehead atoms. The minimum absolute atomic E-state index is 0.00641. The zero-order valence-electron chi connectivity index (χ0n) is 11.5. The van der Waals surface area contributed by atoms with E-state index >= 15 is 0 Å². The third kappa shape index (κ3) is 3.06. The third-order valence-corrected chi connectivity index (χ3v) is 4.83. The van der Waals surface area contributed by atoms with Crippen molar-refractivity contribution in [2.75, 3.05) is 19.8 Å². The van der Waals surface area contributed by atoms with Crippen LogP contribution in [0.25, 0.3) is 0 Å². The molecule has 1 saturated heterocycles. The summed E-state index contributed by atoms with van der Waals surface area (Å²) in [6, 6.07) is 3.50. The Labute approximate surface area is 128 Å². The number of thiophene rings is 1. The standard InChI is InChI=1S/C14H19ClN2O2S/c1-3-6-17(7-10-4-5-12(15)20-10)13(18)14(2)9-19-8-11(14)16/h3-5,11H,1,6-9,16H2,2H3. The third-order valence-electron chi connectivity index (χ3n) is 3.62. The fourth-order valence-corrected chi connectivity index (χ4v) is 3.37. The largest absolute Gasteiger partial charge is 0.379 e. The second-order valence-electron chi connectivity index (χ2n) is 5.22. The molecule has 0 aliphatic carbocycles. The molecule has 6 heteroatoms. The van der Waals surface area contributed by atoms with Crippen LogP contribution in [0.1, 0.15) is 11.8 Å². The van der Waals surface area contributed by atoms with E-state index in [4.69, 9.17) is 22.1 Å². The highest BCUT2D eigenvalue weighted by atomic mass is 35.5. The number of carbonyl (C=O) groups is 1. The summed E-state index contributed by atoms with van der Waals surface area (Å²) in [5, 5.41) is 0. The fourth-order valence-electron chi connectivity index (χ4n) is 2.27. The molecule has 2 heterocycles. The second-order valence-corrected chi connectivity index (χ2v) is 7.02. The molecule has 0 saturated carbocycles. The Morgan fingerprint density at radius 1 is 1.75 bits per heavy atom. The van der Waals surface area contributed by atoms with Gasteiger partial charge in [-0.2, -0.15) is 0 Å². The molecule has 1 aromatic heterocycles. The highest BCUT2D eigenvalue weighted by molar-refractivity contribution is 7.16. The fraction of sp³-hybridized carbons (Fsp3) is 0.500. The summed E-state index contributed by atoms with van der Waals surface area (Å²) < 4.78 is 6.08. The summed E-state index contributed by atoms with van der Waals surface area (Å²) >= 11 is 7.41. The van der Waals surface area contributed by atoms with Crippen LogP contribution < -0.4 is 5.73 Å². The van der Waals surface area contributed by atoms with Crippen molar-refractivity contribution >= 4 is 28.8 Å². The van der Waals surface area contributed by atoms with Crippen LogP contribution in [0.2, 0.25) is 4.34 Å².